The number of ether oxygens (including phenoxy) is 2. The second-order valence-corrected chi connectivity index (χ2v) is 9.76. The van der Waals surface area contributed by atoms with Gasteiger partial charge >= 0.3 is 0 Å². The van der Waals surface area contributed by atoms with Crippen LogP contribution in [-0.4, -0.2) is 34.0 Å². The Balaban J connectivity index is 1.27. The highest BCUT2D eigenvalue weighted by Crippen LogP contribution is 2.35. The zero-order chi connectivity index (χ0) is 25.8. The number of piperidine rings is 1. The summed E-state index contributed by atoms with van der Waals surface area (Å²) < 4.78 is 12.1. The summed E-state index contributed by atoms with van der Waals surface area (Å²) in [5.41, 5.74) is 12.6. The number of nitrogen functional groups attached to an aromatic ring is 1. The number of likely N-dealkylation sites (tertiary alicyclic amines) is 1. The molecule has 0 radical (unpaired) electrons. The fraction of sp³-hybridized carbons (Fsp3) is 0.345. The third-order valence-corrected chi connectivity index (χ3v) is 6.88. The zero-order valence-corrected chi connectivity index (χ0v) is 21.3. The molecule has 2 aliphatic heterocycles. The van der Waals surface area contributed by atoms with E-state index < -0.39 is 0 Å². The van der Waals surface area contributed by atoms with Gasteiger partial charge in [-0.1, -0.05) is 12.1 Å². The summed E-state index contributed by atoms with van der Waals surface area (Å²) in [6.07, 6.45) is 5.29. The Labute approximate surface area is 217 Å². The predicted molar refractivity (Wildman–Crippen MR) is 144 cm³/mol. The molecule has 0 atom stereocenters. The van der Waals surface area contributed by atoms with Crippen LogP contribution in [0.2, 0.25) is 0 Å². The van der Waals surface area contributed by atoms with E-state index in [9.17, 15) is 0 Å². The molecule has 0 bridgehead atoms. The van der Waals surface area contributed by atoms with Crippen LogP contribution in [0.3, 0.4) is 0 Å². The first-order valence-corrected chi connectivity index (χ1v) is 12.6. The minimum atomic E-state index is 0.297. The number of fused-ring (bicyclic) bond motifs is 1. The monoisotopic (exact) mass is 496 g/mol. The van der Waals surface area contributed by atoms with Crippen LogP contribution >= 0.6 is 0 Å². The number of benzene rings is 2. The van der Waals surface area contributed by atoms with Crippen LogP contribution in [0, 0.1) is 25.2 Å². The van der Waals surface area contributed by atoms with E-state index in [0.29, 0.717) is 31.1 Å². The van der Waals surface area contributed by atoms with Crippen molar-refractivity contribution in [2.24, 2.45) is 0 Å². The summed E-state index contributed by atoms with van der Waals surface area (Å²) in [4.78, 5) is 12.0. The largest absolute Gasteiger partial charge is 0.438 e. The number of nitrogens with two attached hydrogens (primary N) is 1. The number of allylic oxidation sites excluding steroid dienone is 1. The molecule has 3 N–H and O–H groups in total. The topological polar surface area (TPSA) is 109 Å². The van der Waals surface area contributed by atoms with E-state index in [-0.39, 0.29) is 0 Å². The van der Waals surface area contributed by atoms with Crippen LogP contribution in [-0.2, 0) is 24.5 Å². The molecule has 1 aromatic heterocycles. The first-order chi connectivity index (χ1) is 18.0. The number of nitrogens with zero attached hydrogens (tertiary/aromatic N) is 4. The van der Waals surface area contributed by atoms with Crippen molar-refractivity contribution in [3.63, 3.8) is 0 Å². The summed E-state index contributed by atoms with van der Waals surface area (Å²) in [6.45, 7) is 7.84. The van der Waals surface area contributed by atoms with Crippen molar-refractivity contribution < 1.29 is 9.47 Å². The third kappa shape index (κ3) is 5.91. The van der Waals surface area contributed by atoms with Crippen LogP contribution in [0.4, 0.5) is 11.6 Å². The molecule has 2 aromatic carbocycles. The van der Waals surface area contributed by atoms with Gasteiger partial charge in [-0.25, -0.2) is 4.98 Å². The number of aromatic nitrogens is 2. The SMILES string of the molecule is Cc1cc(/C=C/C#N)cc(C)c1Oc1nc(NC2CCN(Cc3ccc(N)cc3)CC2)nc2c1COC2. The van der Waals surface area contributed by atoms with Crippen molar-refractivity contribution in [3.8, 4) is 17.7 Å². The van der Waals surface area contributed by atoms with Gasteiger partial charge in [0, 0.05) is 37.4 Å². The number of rotatable bonds is 7. The van der Waals surface area contributed by atoms with Crippen molar-refractivity contribution in [2.45, 2.75) is 52.5 Å². The van der Waals surface area contributed by atoms with E-state index in [0.717, 1.165) is 71.9 Å². The molecule has 8 heteroatoms. The molecule has 0 saturated carbocycles. The van der Waals surface area contributed by atoms with Crippen molar-refractivity contribution >= 4 is 17.7 Å². The average molecular weight is 497 g/mol. The molecule has 8 nitrogen and oxygen atoms in total. The van der Waals surface area contributed by atoms with Crippen LogP contribution in [0.1, 0.15) is 46.4 Å². The number of nitriles is 1. The molecule has 1 saturated heterocycles. The van der Waals surface area contributed by atoms with E-state index in [2.05, 4.69) is 22.3 Å². The van der Waals surface area contributed by atoms with Gasteiger partial charge in [-0.05, 0) is 79.3 Å². The van der Waals surface area contributed by atoms with Crippen LogP contribution < -0.4 is 15.8 Å². The van der Waals surface area contributed by atoms with Gasteiger partial charge in [-0.15, -0.1) is 0 Å². The minimum Gasteiger partial charge on any atom is -0.438 e. The Hall–Kier alpha value is -3.93. The van der Waals surface area contributed by atoms with E-state index in [1.807, 2.05) is 44.2 Å². The van der Waals surface area contributed by atoms with Gasteiger partial charge in [0.15, 0.2) is 0 Å². The number of hydrogen-bond acceptors (Lipinski definition) is 8. The molecule has 3 heterocycles. The normalized spacial score (nSPS) is 16.0. The summed E-state index contributed by atoms with van der Waals surface area (Å²) in [6, 6.07) is 14.5. The van der Waals surface area contributed by atoms with Crippen molar-refractivity contribution in [3.05, 3.63) is 76.0 Å². The molecule has 190 valence electrons. The van der Waals surface area contributed by atoms with Gasteiger partial charge < -0.3 is 20.5 Å². The van der Waals surface area contributed by atoms with E-state index >= 15 is 0 Å². The van der Waals surface area contributed by atoms with Gasteiger partial charge in [0.05, 0.1) is 30.5 Å². The number of anilines is 2. The second kappa shape index (κ2) is 11.0. The summed E-state index contributed by atoms with van der Waals surface area (Å²) in [7, 11) is 0. The Morgan fingerprint density at radius 1 is 1.14 bits per heavy atom. The van der Waals surface area contributed by atoms with Crippen molar-refractivity contribution in [1.82, 2.24) is 14.9 Å². The molecule has 1 fully saturated rings. The summed E-state index contributed by atoms with van der Waals surface area (Å²) in [5.74, 6) is 1.89. The molecule has 0 unspecified atom stereocenters. The number of aryl methyl sites for hydroxylation is 2. The molecule has 0 aliphatic carbocycles. The highest BCUT2D eigenvalue weighted by Gasteiger charge is 2.25. The average Bonchev–Trinajstić information content (AvgIpc) is 3.36. The van der Waals surface area contributed by atoms with E-state index in [1.165, 1.54) is 11.6 Å². The lowest BCUT2D eigenvalue weighted by atomic mass is 10.0. The van der Waals surface area contributed by atoms with Gasteiger partial charge in [0.25, 0.3) is 0 Å². The van der Waals surface area contributed by atoms with E-state index in [1.54, 1.807) is 6.08 Å². The predicted octanol–water partition coefficient (Wildman–Crippen LogP) is 5.11. The highest BCUT2D eigenvalue weighted by atomic mass is 16.5. The van der Waals surface area contributed by atoms with Crippen molar-refractivity contribution in [1.29, 1.82) is 5.26 Å². The maximum Gasteiger partial charge on any atom is 0.230 e. The van der Waals surface area contributed by atoms with Crippen LogP contribution in [0.15, 0.2) is 42.5 Å². The molecular formula is C29H32N6O2. The lowest BCUT2D eigenvalue weighted by molar-refractivity contribution is 0.132. The van der Waals surface area contributed by atoms with E-state index in [4.69, 9.17) is 30.4 Å². The Bertz CT molecular complexity index is 1310. The molecule has 2 aliphatic rings. The molecule has 0 spiro atoms. The Morgan fingerprint density at radius 3 is 2.57 bits per heavy atom. The highest BCUT2D eigenvalue weighted by molar-refractivity contribution is 5.58. The maximum absolute atomic E-state index is 8.83. The molecule has 3 aromatic rings. The van der Waals surface area contributed by atoms with Crippen molar-refractivity contribution in [2.75, 3.05) is 24.1 Å². The lowest BCUT2D eigenvalue weighted by Gasteiger charge is -2.32. The number of hydrogen-bond donors (Lipinski definition) is 2. The van der Waals surface area contributed by atoms with Gasteiger partial charge in [-0.3, -0.25) is 4.90 Å². The molecule has 37 heavy (non-hydrogen) atoms. The molecule has 0 amide bonds. The standard InChI is InChI=1S/C29H32N6O2/c1-19-14-22(4-3-11-30)15-20(2)27(19)37-28-25-17-36-18-26(25)33-29(34-28)32-24-9-12-35(13-10-24)16-21-5-7-23(31)8-6-21/h3-8,14-15,24H,9-10,12-13,16-18,31H2,1-2H3,(H,32,33,34)/b4-3+. The fourth-order valence-electron chi connectivity index (χ4n) is 4.94. The fourth-order valence-corrected chi connectivity index (χ4v) is 4.94. The first kappa shape index (κ1) is 24.8. The smallest absolute Gasteiger partial charge is 0.230 e. The van der Waals surface area contributed by atoms with Crippen LogP contribution in [0.5, 0.6) is 11.6 Å². The minimum absolute atomic E-state index is 0.297. The van der Waals surface area contributed by atoms with Gasteiger partial charge in [0.2, 0.25) is 11.8 Å². The second-order valence-electron chi connectivity index (χ2n) is 9.76. The first-order valence-electron chi connectivity index (χ1n) is 12.6. The quantitative estimate of drug-likeness (QED) is 0.343. The zero-order valence-electron chi connectivity index (χ0n) is 21.3. The Morgan fingerprint density at radius 2 is 1.86 bits per heavy atom. The molecule has 5 rings (SSSR count). The Kier molecular flexibility index (Phi) is 7.35. The molecular weight excluding hydrogens is 464 g/mol. The number of nitrogens with one attached hydrogen (secondary N) is 1. The van der Waals surface area contributed by atoms with Crippen LogP contribution in [0.25, 0.3) is 6.08 Å². The summed E-state index contributed by atoms with van der Waals surface area (Å²) in [5, 5.41) is 12.4. The maximum atomic E-state index is 8.83. The third-order valence-electron chi connectivity index (χ3n) is 6.88. The van der Waals surface area contributed by atoms with Gasteiger partial charge in [-0.2, -0.15) is 10.2 Å². The summed E-state index contributed by atoms with van der Waals surface area (Å²) >= 11 is 0. The lowest BCUT2D eigenvalue weighted by Crippen LogP contribution is -2.39. The van der Waals surface area contributed by atoms with Gasteiger partial charge in [0.1, 0.15) is 5.75 Å².